The Morgan fingerprint density at radius 3 is 2.57 bits per heavy atom. The largest absolute Gasteiger partial charge is 0.457 e. The highest BCUT2D eigenvalue weighted by atomic mass is 35.5. The zero-order valence-electron chi connectivity index (χ0n) is 12.4. The van der Waals surface area contributed by atoms with Crippen LogP contribution in [0.2, 0.25) is 5.02 Å². The number of hydrogen-bond acceptors (Lipinski definition) is 3. The van der Waals surface area contributed by atoms with Gasteiger partial charge >= 0.3 is 5.97 Å². The van der Waals surface area contributed by atoms with E-state index in [2.05, 4.69) is 0 Å². The molecule has 2 unspecified atom stereocenters. The molecule has 2 aromatic rings. The molecular weight excluding hydrogens is 312 g/mol. The van der Waals surface area contributed by atoms with E-state index < -0.39 is 11.4 Å². The Balaban J connectivity index is 1.69. The quantitative estimate of drug-likeness (QED) is 0.584. The second-order valence-corrected chi connectivity index (χ2v) is 6.65. The number of Topliss-reactive ketones (excluding diaryl/α,β-unsaturated/α-hetero) is 1. The number of benzene rings is 2. The predicted molar refractivity (Wildman–Crippen MR) is 86.4 cm³/mol. The summed E-state index contributed by atoms with van der Waals surface area (Å²) in [5.74, 6) is -0.488. The topological polar surface area (TPSA) is 43.4 Å². The molecule has 3 nitrogen and oxygen atoms in total. The number of hydrogen-bond donors (Lipinski definition) is 0. The normalized spacial score (nSPS) is 26.2. The van der Waals surface area contributed by atoms with Crippen molar-refractivity contribution in [3.8, 4) is 0 Å². The fraction of sp³-hybridized carbons (Fsp3) is 0.263. The first-order valence-electron chi connectivity index (χ1n) is 7.69. The predicted octanol–water partition coefficient (Wildman–Crippen LogP) is 4.14. The minimum Gasteiger partial charge on any atom is -0.457 e. The van der Waals surface area contributed by atoms with Crippen LogP contribution in [0.4, 0.5) is 0 Å². The lowest BCUT2D eigenvalue weighted by molar-refractivity contribution is -0.147. The molecule has 0 N–H and O–H groups in total. The number of halogens is 1. The van der Waals surface area contributed by atoms with Crippen molar-refractivity contribution < 1.29 is 14.3 Å². The van der Waals surface area contributed by atoms with Gasteiger partial charge in [0.2, 0.25) is 0 Å². The van der Waals surface area contributed by atoms with Gasteiger partial charge in [0, 0.05) is 17.0 Å². The lowest BCUT2D eigenvalue weighted by atomic mass is 9.68. The van der Waals surface area contributed by atoms with E-state index >= 15 is 0 Å². The highest BCUT2D eigenvalue weighted by Crippen LogP contribution is 2.49. The van der Waals surface area contributed by atoms with Gasteiger partial charge in [-0.1, -0.05) is 48.0 Å². The molecule has 1 aliphatic heterocycles. The van der Waals surface area contributed by atoms with E-state index in [1.54, 1.807) is 12.1 Å². The fourth-order valence-corrected chi connectivity index (χ4v) is 3.74. The number of aryl methyl sites for hydroxylation is 1. The summed E-state index contributed by atoms with van der Waals surface area (Å²) >= 11 is 5.91. The summed E-state index contributed by atoms with van der Waals surface area (Å²) in [6.45, 7) is 0. The number of fused-ring (bicyclic) bond motifs is 1. The molecule has 23 heavy (non-hydrogen) atoms. The maximum Gasteiger partial charge on any atom is 0.320 e. The molecule has 0 aromatic heterocycles. The number of ether oxygens (including phenoxy) is 1. The van der Waals surface area contributed by atoms with E-state index in [1.165, 1.54) is 0 Å². The molecule has 0 saturated carbocycles. The average molecular weight is 327 g/mol. The van der Waals surface area contributed by atoms with Crippen molar-refractivity contribution in [3.05, 3.63) is 70.2 Å². The highest BCUT2D eigenvalue weighted by Gasteiger charge is 2.56. The Morgan fingerprint density at radius 2 is 1.78 bits per heavy atom. The molecule has 4 rings (SSSR count). The van der Waals surface area contributed by atoms with Crippen molar-refractivity contribution in [2.24, 2.45) is 5.41 Å². The maximum atomic E-state index is 13.0. The lowest BCUT2D eigenvalue weighted by Crippen LogP contribution is -2.39. The van der Waals surface area contributed by atoms with Crippen LogP contribution in [0.25, 0.3) is 0 Å². The van der Waals surface area contributed by atoms with E-state index in [0.29, 0.717) is 23.4 Å². The molecule has 1 fully saturated rings. The van der Waals surface area contributed by atoms with E-state index in [4.69, 9.17) is 16.3 Å². The molecule has 0 radical (unpaired) electrons. The van der Waals surface area contributed by atoms with Gasteiger partial charge in [0.15, 0.2) is 5.78 Å². The van der Waals surface area contributed by atoms with Crippen LogP contribution in [0, 0.1) is 5.41 Å². The monoisotopic (exact) mass is 326 g/mol. The van der Waals surface area contributed by atoms with Gasteiger partial charge in [0.1, 0.15) is 11.5 Å². The highest BCUT2D eigenvalue weighted by molar-refractivity contribution is 6.30. The van der Waals surface area contributed by atoms with Crippen LogP contribution in [0.5, 0.6) is 0 Å². The molecule has 2 aliphatic rings. The van der Waals surface area contributed by atoms with Crippen LogP contribution < -0.4 is 0 Å². The smallest absolute Gasteiger partial charge is 0.320 e. The molecule has 2 atom stereocenters. The van der Waals surface area contributed by atoms with Crippen molar-refractivity contribution >= 4 is 23.4 Å². The van der Waals surface area contributed by atoms with Crippen molar-refractivity contribution in [1.29, 1.82) is 0 Å². The first-order valence-corrected chi connectivity index (χ1v) is 8.07. The molecule has 4 heteroatoms. The van der Waals surface area contributed by atoms with E-state index in [9.17, 15) is 9.59 Å². The second kappa shape index (κ2) is 5.20. The van der Waals surface area contributed by atoms with Gasteiger partial charge in [-0.25, -0.2) is 0 Å². The van der Waals surface area contributed by atoms with Crippen molar-refractivity contribution in [3.63, 3.8) is 0 Å². The van der Waals surface area contributed by atoms with Crippen LogP contribution in [0.15, 0.2) is 48.5 Å². The van der Waals surface area contributed by atoms with Gasteiger partial charge in [-0.15, -0.1) is 0 Å². The number of cyclic esters (lactones) is 1. The third-order valence-electron chi connectivity index (χ3n) is 4.93. The third kappa shape index (κ3) is 2.19. The van der Waals surface area contributed by atoms with Gasteiger partial charge in [-0.3, -0.25) is 9.59 Å². The van der Waals surface area contributed by atoms with Crippen LogP contribution >= 0.6 is 11.6 Å². The Morgan fingerprint density at radius 1 is 1.04 bits per heavy atom. The number of ketones is 1. The van der Waals surface area contributed by atoms with Gasteiger partial charge < -0.3 is 4.74 Å². The molecule has 1 aliphatic carbocycles. The van der Waals surface area contributed by atoms with Gasteiger partial charge in [0.25, 0.3) is 0 Å². The third-order valence-corrected chi connectivity index (χ3v) is 5.19. The minimum atomic E-state index is -1.03. The van der Waals surface area contributed by atoms with Crippen molar-refractivity contribution in [1.82, 2.24) is 0 Å². The van der Waals surface area contributed by atoms with Gasteiger partial charge in [-0.2, -0.15) is 0 Å². The van der Waals surface area contributed by atoms with Crippen LogP contribution in [0.1, 0.15) is 40.4 Å². The maximum absolute atomic E-state index is 13.0. The minimum absolute atomic E-state index is 0.0965. The summed E-state index contributed by atoms with van der Waals surface area (Å²) in [6.07, 6.45) is 1.27. The molecule has 2 aromatic carbocycles. The average Bonchev–Trinajstić information content (AvgIpc) is 2.90. The number of carbonyl (C=O) groups is 2. The molecular formula is C19H15ClO3. The number of carbonyl (C=O) groups excluding carboxylic acids is 2. The van der Waals surface area contributed by atoms with Crippen molar-refractivity contribution in [2.45, 2.75) is 25.4 Å². The zero-order valence-corrected chi connectivity index (χ0v) is 13.2. The summed E-state index contributed by atoms with van der Waals surface area (Å²) < 4.78 is 5.56. The Bertz CT molecular complexity index is 797. The van der Waals surface area contributed by atoms with Crippen molar-refractivity contribution in [2.75, 3.05) is 0 Å². The molecule has 1 heterocycles. The fourth-order valence-electron chi connectivity index (χ4n) is 3.62. The van der Waals surface area contributed by atoms with Crippen LogP contribution in [0.3, 0.4) is 0 Å². The molecule has 1 spiro atoms. The van der Waals surface area contributed by atoms with Gasteiger partial charge in [-0.05, 0) is 36.1 Å². The summed E-state index contributed by atoms with van der Waals surface area (Å²) in [5.41, 5.74) is 1.53. The summed E-state index contributed by atoms with van der Waals surface area (Å²) in [5, 5.41) is 0.635. The summed E-state index contributed by atoms with van der Waals surface area (Å²) in [4.78, 5) is 25.5. The van der Waals surface area contributed by atoms with Gasteiger partial charge in [0.05, 0.1) is 0 Å². The zero-order chi connectivity index (χ0) is 16.0. The Hall–Kier alpha value is -2.13. The SMILES string of the molecule is O=C1OC(c2ccc(Cl)cc2)CC12CCc1ccccc1C2=O. The molecule has 0 amide bonds. The molecule has 0 bridgehead atoms. The standard InChI is InChI=1S/C19H15ClO3/c20-14-7-5-13(6-8-14)16-11-19(18(22)23-16)10-9-12-3-1-2-4-15(12)17(19)21/h1-8,16H,9-11H2. The van der Waals surface area contributed by atoms with Crippen LogP contribution in [-0.4, -0.2) is 11.8 Å². The summed E-state index contributed by atoms with van der Waals surface area (Å²) in [7, 11) is 0. The first-order chi connectivity index (χ1) is 11.1. The van der Waals surface area contributed by atoms with E-state index in [0.717, 1.165) is 17.5 Å². The Kier molecular flexibility index (Phi) is 3.27. The first kappa shape index (κ1) is 14.5. The lowest BCUT2D eigenvalue weighted by Gasteiger charge is -2.29. The molecule has 116 valence electrons. The van der Waals surface area contributed by atoms with E-state index in [1.807, 2.05) is 36.4 Å². The van der Waals surface area contributed by atoms with Crippen LogP contribution in [-0.2, 0) is 16.0 Å². The van der Waals surface area contributed by atoms with E-state index in [-0.39, 0.29) is 11.9 Å². The number of esters is 1. The second-order valence-electron chi connectivity index (χ2n) is 6.22. The Labute approximate surface area is 139 Å². The summed E-state index contributed by atoms with van der Waals surface area (Å²) in [6, 6.07) is 14.8. The molecule has 1 saturated heterocycles. The number of rotatable bonds is 1.